The number of carbonyl (C=O) groups is 2. The van der Waals surface area contributed by atoms with Gasteiger partial charge in [0.15, 0.2) is 11.6 Å². The second kappa shape index (κ2) is 7.20. The molecule has 1 atom stereocenters. The molecule has 0 fully saturated rings. The lowest BCUT2D eigenvalue weighted by Crippen LogP contribution is -2.40. The van der Waals surface area contributed by atoms with Crippen molar-refractivity contribution < 1.29 is 23.1 Å². The van der Waals surface area contributed by atoms with Crippen LogP contribution in [0.4, 0.5) is 13.6 Å². The summed E-state index contributed by atoms with van der Waals surface area (Å²) in [5.41, 5.74) is -0.232. The molecular weight excluding hydrogens is 294 g/mol. The molecule has 0 heterocycles. The van der Waals surface area contributed by atoms with Crippen LogP contribution >= 0.6 is 0 Å². The maximum Gasteiger partial charge on any atom is 0.408 e. The predicted octanol–water partition coefficient (Wildman–Crippen LogP) is 2.67. The first-order chi connectivity index (χ1) is 10.1. The zero-order chi connectivity index (χ0) is 16.9. The van der Waals surface area contributed by atoms with Crippen LogP contribution in [0.3, 0.4) is 0 Å². The lowest BCUT2D eigenvalue weighted by molar-refractivity contribution is -0.120. The minimum Gasteiger partial charge on any atom is -0.444 e. The molecule has 122 valence electrons. The third kappa shape index (κ3) is 6.07. The van der Waals surface area contributed by atoms with E-state index in [4.69, 9.17) is 4.74 Å². The summed E-state index contributed by atoms with van der Waals surface area (Å²) in [6, 6.07) is 2.86. The van der Waals surface area contributed by atoms with Crippen molar-refractivity contribution in [3.63, 3.8) is 0 Å². The summed E-state index contributed by atoms with van der Waals surface area (Å²) in [6.07, 6.45) is -0.705. The molecule has 22 heavy (non-hydrogen) atoms. The van der Waals surface area contributed by atoms with E-state index in [2.05, 4.69) is 10.6 Å². The number of hydrogen-bond acceptors (Lipinski definition) is 3. The number of ether oxygens (including phenoxy) is 1. The summed E-state index contributed by atoms with van der Waals surface area (Å²) in [6.45, 7) is 6.47. The molecule has 0 bridgehead atoms. The average molecular weight is 314 g/mol. The number of nitrogens with one attached hydrogen (secondary N) is 2. The van der Waals surface area contributed by atoms with Crippen molar-refractivity contribution in [1.29, 1.82) is 0 Å². The summed E-state index contributed by atoms with van der Waals surface area (Å²) >= 11 is 0. The van der Waals surface area contributed by atoms with Crippen molar-refractivity contribution in [2.24, 2.45) is 0 Å². The SMILES string of the molecule is CC(NC(=O)CNC(=O)OC(C)(C)C)c1ccc(F)c(F)c1. The van der Waals surface area contributed by atoms with Gasteiger partial charge in [0.2, 0.25) is 5.91 Å². The molecule has 7 heteroatoms. The molecule has 1 aromatic rings. The fraction of sp³-hybridized carbons (Fsp3) is 0.467. The molecule has 1 unspecified atom stereocenters. The van der Waals surface area contributed by atoms with Crippen molar-refractivity contribution in [2.45, 2.75) is 39.3 Å². The molecule has 0 aliphatic carbocycles. The molecule has 0 radical (unpaired) electrons. The van der Waals surface area contributed by atoms with Crippen LogP contribution in [0, 0.1) is 11.6 Å². The zero-order valence-electron chi connectivity index (χ0n) is 13.0. The molecule has 0 aromatic heterocycles. The van der Waals surface area contributed by atoms with E-state index < -0.39 is 35.3 Å². The quantitative estimate of drug-likeness (QED) is 0.898. The van der Waals surface area contributed by atoms with Crippen molar-refractivity contribution in [3.05, 3.63) is 35.4 Å². The van der Waals surface area contributed by atoms with Crippen LogP contribution in [-0.4, -0.2) is 24.1 Å². The Balaban J connectivity index is 2.47. The van der Waals surface area contributed by atoms with E-state index in [1.165, 1.54) is 6.07 Å². The Labute approximate surface area is 128 Å². The minimum atomic E-state index is -0.981. The first-order valence-electron chi connectivity index (χ1n) is 6.79. The Morgan fingerprint density at radius 1 is 1.23 bits per heavy atom. The Bertz CT molecular complexity index is 556. The molecule has 2 amide bonds. The van der Waals surface area contributed by atoms with Gasteiger partial charge in [0, 0.05) is 0 Å². The van der Waals surface area contributed by atoms with Gasteiger partial charge in [0.25, 0.3) is 0 Å². The molecule has 5 nitrogen and oxygen atoms in total. The number of carbonyl (C=O) groups excluding carboxylic acids is 2. The van der Waals surface area contributed by atoms with E-state index >= 15 is 0 Å². The molecule has 0 spiro atoms. The van der Waals surface area contributed by atoms with E-state index in [1.54, 1.807) is 27.7 Å². The summed E-state index contributed by atoms with van der Waals surface area (Å²) in [5.74, 6) is -2.40. The van der Waals surface area contributed by atoms with Crippen molar-refractivity contribution in [2.75, 3.05) is 6.54 Å². The second-order valence-electron chi connectivity index (χ2n) is 5.82. The first-order valence-corrected chi connectivity index (χ1v) is 6.79. The number of rotatable bonds is 4. The number of benzene rings is 1. The van der Waals surface area contributed by atoms with Gasteiger partial charge in [-0.25, -0.2) is 13.6 Å². The van der Waals surface area contributed by atoms with Gasteiger partial charge in [-0.15, -0.1) is 0 Å². The Hall–Kier alpha value is -2.18. The third-order valence-electron chi connectivity index (χ3n) is 2.61. The Kier molecular flexibility index (Phi) is 5.84. The van der Waals surface area contributed by atoms with Gasteiger partial charge >= 0.3 is 6.09 Å². The Morgan fingerprint density at radius 2 is 1.86 bits per heavy atom. The maximum atomic E-state index is 13.1. The molecule has 2 N–H and O–H groups in total. The highest BCUT2D eigenvalue weighted by atomic mass is 19.2. The molecule has 0 aliphatic heterocycles. The van der Waals surface area contributed by atoms with Crippen molar-refractivity contribution >= 4 is 12.0 Å². The van der Waals surface area contributed by atoms with Crippen LogP contribution in [0.2, 0.25) is 0 Å². The topological polar surface area (TPSA) is 67.4 Å². The van der Waals surface area contributed by atoms with Crippen LogP contribution in [-0.2, 0) is 9.53 Å². The van der Waals surface area contributed by atoms with Gasteiger partial charge in [-0.3, -0.25) is 4.79 Å². The van der Waals surface area contributed by atoms with E-state index in [1.807, 2.05) is 0 Å². The fourth-order valence-electron chi connectivity index (χ4n) is 1.62. The second-order valence-corrected chi connectivity index (χ2v) is 5.82. The highest BCUT2D eigenvalue weighted by Crippen LogP contribution is 2.15. The highest BCUT2D eigenvalue weighted by Gasteiger charge is 2.17. The van der Waals surface area contributed by atoms with Crippen molar-refractivity contribution in [1.82, 2.24) is 10.6 Å². The van der Waals surface area contributed by atoms with E-state index in [0.29, 0.717) is 5.56 Å². The molecule has 0 aliphatic rings. The van der Waals surface area contributed by atoms with Crippen LogP contribution in [0.15, 0.2) is 18.2 Å². The smallest absolute Gasteiger partial charge is 0.408 e. The number of alkyl carbamates (subject to hydrolysis) is 1. The average Bonchev–Trinajstić information content (AvgIpc) is 2.37. The summed E-state index contributed by atoms with van der Waals surface area (Å²) < 4.78 is 31.0. The first kappa shape index (κ1) is 17.9. The lowest BCUT2D eigenvalue weighted by atomic mass is 10.1. The van der Waals surface area contributed by atoms with Crippen LogP contribution < -0.4 is 10.6 Å². The van der Waals surface area contributed by atoms with Gasteiger partial charge in [-0.05, 0) is 45.4 Å². The molecule has 0 saturated heterocycles. The van der Waals surface area contributed by atoms with Gasteiger partial charge in [0.05, 0.1) is 6.04 Å². The monoisotopic (exact) mass is 314 g/mol. The van der Waals surface area contributed by atoms with Gasteiger partial charge in [0.1, 0.15) is 12.1 Å². The number of hydrogen-bond donors (Lipinski definition) is 2. The van der Waals surface area contributed by atoms with Crippen LogP contribution in [0.5, 0.6) is 0 Å². The van der Waals surface area contributed by atoms with E-state index in [-0.39, 0.29) is 6.54 Å². The lowest BCUT2D eigenvalue weighted by Gasteiger charge is -2.20. The molecule has 1 aromatic carbocycles. The summed E-state index contributed by atoms with van der Waals surface area (Å²) in [4.78, 5) is 23.1. The zero-order valence-corrected chi connectivity index (χ0v) is 13.0. The van der Waals surface area contributed by atoms with E-state index in [0.717, 1.165) is 12.1 Å². The standard InChI is InChI=1S/C15H20F2N2O3/c1-9(10-5-6-11(16)12(17)7-10)19-13(20)8-18-14(21)22-15(2,3)4/h5-7,9H,8H2,1-4H3,(H,18,21)(H,19,20). The fourth-order valence-corrected chi connectivity index (χ4v) is 1.62. The molecular formula is C15H20F2N2O3. The van der Waals surface area contributed by atoms with E-state index in [9.17, 15) is 18.4 Å². The van der Waals surface area contributed by atoms with Crippen LogP contribution in [0.25, 0.3) is 0 Å². The van der Waals surface area contributed by atoms with Gasteiger partial charge in [-0.1, -0.05) is 6.07 Å². The predicted molar refractivity (Wildman–Crippen MR) is 77.2 cm³/mol. The third-order valence-corrected chi connectivity index (χ3v) is 2.61. The Morgan fingerprint density at radius 3 is 2.41 bits per heavy atom. The maximum absolute atomic E-state index is 13.1. The largest absolute Gasteiger partial charge is 0.444 e. The summed E-state index contributed by atoms with van der Waals surface area (Å²) in [5, 5.41) is 4.87. The van der Waals surface area contributed by atoms with Crippen LogP contribution in [0.1, 0.15) is 39.3 Å². The van der Waals surface area contributed by atoms with Crippen molar-refractivity contribution in [3.8, 4) is 0 Å². The number of halogens is 2. The normalized spacial score (nSPS) is 12.5. The van der Waals surface area contributed by atoms with Gasteiger partial charge < -0.3 is 15.4 Å². The van der Waals surface area contributed by atoms with Gasteiger partial charge in [-0.2, -0.15) is 0 Å². The molecule has 1 rings (SSSR count). The molecule has 0 saturated carbocycles. The minimum absolute atomic E-state index is 0.275. The number of amides is 2. The highest BCUT2D eigenvalue weighted by molar-refractivity contribution is 5.82. The summed E-state index contributed by atoms with van der Waals surface area (Å²) in [7, 11) is 0.